The molecule has 1 saturated carbocycles. The van der Waals surface area contributed by atoms with Gasteiger partial charge in [-0.1, -0.05) is 40.0 Å². The molecule has 0 aliphatic heterocycles. The maximum Gasteiger partial charge on any atom is -0.0414 e. The van der Waals surface area contributed by atoms with E-state index in [0.717, 1.165) is 17.8 Å². The Morgan fingerprint density at radius 3 is 2.30 bits per heavy atom. The van der Waals surface area contributed by atoms with Crippen molar-refractivity contribution in [1.29, 1.82) is 0 Å². The quantitative estimate of drug-likeness (QED) is 0.523. The van der Waals surface area contributed by atoms with Crippen LogP contribution in [0.5, 0.6) is 0 Å². The van der Waals surface area contributed by atoms with E-state index in [4.69, 9.17) is 0 Å². The maximum absolute atomic E-state index is 2.41. The molecule has 0 amide bonds. The van der Waals surface area contributed by atoms with Crippen molar-refractivity contribution in [2.45, 2.75) is 46.5 Å². The van der Waals surface area contributed by atoms with Crippen LogP contribution in [-0.4, -0.2) is 0 Å². The molecule has 0 nitrogen and oxygen atoms in total. The highest BCUT2D eigenvalue weighted by molar-refractivity contribution is 4.74. The van der Waals surface area contributed by atoms with Crippen LogP contribution in [0.2, 0.25) is 0 Å². The van der Waals surface area contributed by atoms with Crippen LogP contribution in [0.25, 0.3) is 0 Å². The average Bonchev–Trinajstić information content (AvgIpc) is 1.95. The van der Waals surface area contributed by atoms with E-state index in [-0.39, 0.29) is 0 Å². The Bertz CT molecular complexity index is 96.2. The van der Waals surface area contributed by atoms with Crippen molar-refractivity contribution in [3.05, 3.63) is 0 Å². The van der Waals surface area contributed by atoms with Crippen LogP contribution in [0.3, 0.4) is 0 Å². The standard InChI is InChI=1S/C10H20/c1-4-10-6-5-8(2)9(3)7-10/h8-10H,4-7H2,1-3H3/t8-,9+,10?/m0/s1. The smallest absolute Gasteiger partial charge is 0.0414 e. The Labute approximate surface area is 65.0 Å². The van der Waals surface area contributed by atoms with Crippen LogP contribution in [0, 0.1) is 17.8 Å². The van der Waals surface area contributed by atoms with E-state index in [1.165, 1.54) is 25.7 Å². The average molecular weight is 140 g/mol. The summed E-state index contributed by atoms with van der Waals surface area (Å²) < 4.78 is 0. The monoisotopic (exact) mass is 140 g/mol. The van der Waals surface area contributed by atoms with Crippen LogP contribution >= 0.6 is 0 Å². The largest absolute Gasteiger partial charge is 0.0651 e. The summed E-state index contributed by atoms with van der Waals surface area (Å²) in [6, 6.07) is 0. The summed E-state index contributed by atoms with van der Waals surface area (Å²) in [5.74, 6) is 3.02. The summed E-state index contributed by atoms with van der Waals surface area (Å²) in [7, 11) is 0. The van der Waals surface area contributed by atoms with Gasteiger partial charge in [0.2, 0.25) is 0 Å². The lowest BCUT2D eigenvalue weighted by Gasteiger charge is -2.31. The highest BCUT2D eigenvalue weighted by atomic mass is 14.3. The van der Waals surface area contributed by atoms with Crippen LogP contribution < -0.4 is 0 Å². The molecule has 3 atom stereocenters. The van der Waals surface area contributed by atoms with Crippen molar-refractivity contribution in [2.24, 2.45) is 17.8 Å². The second-order valence-corrected chi connectivity index (χ2v) is 4.04. The zero-order valence-corrected chi connectivity index (χ0v) is 7.56. The second kappa shape index (κ2) is 3.41. The van der Waals surface area contributed by atoms with Gasteiger partial charge in [0.25, 0.3) is 0 Å². The van der Waals surface area contributed by atoms with Crippen molar-refractivity contribution in [3.63, 3.8) is 0 Å². The van der Waals surface area contributed by atoms with Gasteiger partial charge in [0.05, 0.1) is 0 Å². The van der Waals surface area contributed by atoms with Gasteiger partial charge in [-0.15, -0.1) is 0 Å². The predicted octanol–water partition coefficient (Wildman–Crippen LogP) is 3.47. The van der Waals surface area contributed by atoms with Gasteiger partial charge in [-0.05, 0) is 24.2 Å². The van der Waals surface area contributed by atoms with E-state index in [0.29, 0.717) is 0 Å². The molecule has 10 heavy (non-hydrogen) atoms. The van der Waals surface area contributed by atoms with Crippen LogP contribution in [0.1, 0.15) is 46.5 Å². The van der Waals surface area contributed by atoms with Gasteiger partial charge in [0.1, 0.15) is 0 Å². The molecular formula is C10H20. The molecule has 0 bridgehead atoms. The first kappa shape index (κ1) is 8.10. The highest BCUT2D eigenvalue weighted by Gasteiger charge is 2.22. The molecule has 0 radical (unpaired) electrons. The summed E-state index contributed by atoms with van der Waals surface area (Å²) >= 11 is 0. The summed E-state index contributed by atoms with van der Waals surface area (Å²) in [6.07, 6.45) is 5.84. The molecule has 0 aromatic heterocycles. The molecule has 1 fully saturated rings. The van der Waals surface area contributed by atoms with Crippen LogP contribution in [0.15, 0.2) is 0 Å². The van der Waals surface area contributed by atoms with E-state index in [9.17, 15) is 0 Å². The minimum atomic E-state index is 0.985. The fraction of sp³-hybridized carbons (Fsp3) is 1.00. The topological polar surface area (TPSA) is 0 Å². The number of hydrogen-bond donors (Lipinski definition) is 0. The fourth-order valence-electron chi connectivity index (χ4n) is 2.03. The van der Waals surface area contributed by atoms with E-state index < -0.39 is 0 Å². The fourth-order valence-corrected chi connectivity index (χ4v) is 2.03. The first-order valence-corrected chi connectivity index (χ1v) is 4.74. The lowest BCUT2D eigenvalue weighted by atomic mass is 9.75. The van der Waals surface area contributed by atoms with Gasteiger partial charge in [0, 0.05) is 0 Å². The SMILES string of the molecule is CCC1CC[C@H](C)[C@H](C)C1. The zero-order chi connectivity index (χ0) is 7.56. The molecule has 0 N–H and O–H groups in total. The molecule has 0 aromatic carbocycles. The van der Waals surface area contributed by atoms with Crippen molar-refractivity contribution >= 4 is 0 Å². The van der Waals surface area contributed by atoms with Crippen LogP contribution in [0.4, 0.5) is 0 Å². The molecule has 1 aliphatic rings. The lowest BCUT2D eigenvalue weighted by Crippen LogP contribution is -2.19. The maximum atomic E-state index is 2.41. The Morgan fingerprint density at radius 2 is 1.80 bits per heavy atom. The summed E-state index contributed by atoms with van der Waals surface area (Å²) in [5.41, 5.74) is 0. The Hall–Kier alpha value is 0. The summed E-state index contributed by atoms with van der Waals surface area (Å²) in [6.45, 7) is 7.14. The zero-order valence-electron chi connectivity index (χ0n) is 7.56. The van der Waals surface area contributed by atoms with Gasteiger partial charge in [-0.25, -0.2) is 0 Å². The molecule has 1 aliphatic carbocycles. The van der Waals surface area contributed by atoms with Gasteiger partial charge in [-0.3, -0.25) is 0 Å². The van der Waals surface area contributed by atoms with Gasteiger partial charge in [-0.2, -0.15) is 0 Å². The first-order chi connectivity index (χ1) is 4.74. The minimum absolute atomic E-state index is 0.985. The van der Waals surface area contributed by atoms with E-state index in [1.54, 1.807) is 0 Å². The molecule has 0 spiro atoms. The minimum Gasteiger partial charge on any atom is -0.0651 e. The Kier molecular flexibility index (Phi) is 2.76. The molecule has 0 heteroatoms. The molecule has 1 rings (SSSR count). The van der Waals surface area contributed by atoms with Gasteiger partial charge < -0.3 is 0 Å². The highest BCUT2D eigenvalue weighted by Crippen LogP contribution is 2.34. The summed E-state index contributed by atoms with van der Waals surface area (Å²) in [4.78, 5) is 0. The Balaban J connectivity index is 2.33. The van der Waals surface area contributed by atoms with Crippen molar-refractivity contribution in [1.82, 2.24) is 0 Å². The number of rotatable bonds is 1. The van der Waals surface area contributed by atoms with Gasteiger partial charge >= 0.3 is 0 Å². The molecular weight excluding hydrogens is 120 g/mol. The predicted molar refractivity (Wildman–Crippen MR) is 46.0 cm³/mol. The molecule has 0 heterocycles. The lowest BCUT2D eigenvalue weighted by molar-refractivity contribution is 0.204. The van der Waals surface area contributed by atoms with Gasteiger partial charge in [0.15, 0.2) is 0 Å². The third-order valence-corrected chi connectivity index (χ3v) is 3.28. The third kappa shape index (κ3) is 1.74. The molecule has 1 unspecified atom stereocenters. The van der Waals surface area contributed by atoms with Crippen molar-refractivity contribution in [2.75, 3.05) is 0 Å². The first-order valence-electron chi connectivity index (χ1n) is 4.74. The van der Waals surface area contributed by atoms with E-state index in [1.807, 2.05) is 0 Å². The molecule has 60 valence electrons. The molecule has 0 aromatic rings. The molecule has 0 saturated heterocycles. The van der Waals surface area contributed by atoms with Crippen LogP contribution in [-0.2, 0) is 0 Å². The van der Waals surface area contributed by atoms with Crippen molar-refractivity contribution in [3.8, 4) is 0 Å². The normalized spacial score (nSPS) is 41.7. The van der Waals surface area contributed by atoms with E-state index in [2.05, 4.69) is 20.8 Å². The number of hydrogen-bond acceptors (Lipinski definition) is 0. The van der Waals surface area contributed by atoms with E-state index >= 15 is 0 Å². The van der Waals surface area contributed by atoms with Crippen molar-refractivity contribution < 1.29 is 0 Å². The summed E-state index contributed by atoms with van der Waals surface area (Å²) in [5, 5.41) is 0. The third-order valence-electron chi connectivity index (χ3n) is 3.28. The second-order valence-electron chi connectivity index (χ2n) is 4.04. The Morgan fingerprint density at radius 1 is 1.10 bits per heavy atom.